The zero-order valence-electron chi connectivity index (χ0n) is 21.3. The molecule has 2 unspecified atom stereocenters. The largest absolute Gasteiger partial charge is 0.463 e. The average molecular weight is 481 g/mol. The quantitative estimate of drug-likeness (QED) is 0.276. The number of carbonyl (C=O) groups excluding carboxylic acids is 2. The molecule has 0 amide bonds. The molecule has 0 radical (unpaired) electrons. The lowest BCUT2D eigenvalue weighted by atomic mass is 9.91. The molecule has 0 heterocycles. The third-order valence-electron chi connectivity index (χ3n) is 7.82. The lowest BCUT2D eigenvalue weighted by Gasteiger charge is -2.29. The molecule has 0 aromatic carbocycles. The van der Waals surface area contributed by atoms with Crippen molar-refractivity contribution in [2.24, 2.45) is 11.8 Å². The minimum absolute atomic E-state index is 0.0377. The number of hydrogen-bond acceptors (Lipinski definition) is 6. The monoisotopic (exact) mass is 480 g/mol. The third-order valence-corrected chi connectivity index (χ3v) is 7.82. The van der Waals surface area contributed by atoms with Gasteiger partial charge in [-0.2, -0.15) is 0 Å². The molecule has 6 heteroatoms. The molecule has 0 aromatic rings. The molecule has 0 spiro atoms. The molecule has 3 aliphatic carbocycles. The minimum atomic E-state index is -0.0377. The Hall–Kier alpha value is -1.14. The van der Waals surface area contributed by atoms with Crippen LogP contribution in [0.25, 0.3) is 0 Å². The zero-order valence-corrected chi connectivity index (χ0v) is 21.3. The van der Waals surface area contributed by atoms with E-state index in [0.29, 0.717) is 26.4 Å². The summed E-state index contributed by atoms with van der Waals surface area (Å²) in [5.74, 6) is 0.0800. The first-order valence-corrected chi connectivity index (χ1v) is 14.3. The smallest absolute Gasteiger partial charge is 0.309 e. The summed E-state index contributed by atoms with van der Waals surface area (Å²) >= 11 is 0. The van der Waals surface area contributed by atoms with Gasteiger partial charge >= 0.3 is 11.9 Å². The van der Waals surface area contributed by atoms with Crippen molar-refractivity contribution in [3.63, 3.8) is 0 Å². The first-order valence-electron chi connectivity index (χ1n) is 14.3. The van der Waals surface area contributed by atoms with E-state index < -0.39 is 0 Å². The van der Waals surface area contributed by atoms with Crippen molar-refractivity contribution < 1.29 is 28.5 Å². The molecule has 34 heavy (non-hydrogen) atoms. The van der Waals surface area contributed by atoms with Crippen molar-refractivity contribution >= 4 is 11.9 Å². The number of rotatable bonds is 10. The van der Waals surface area contributed by atoms with Crippen molar-refractivity contribution in [2.75, 3.05) is 26.4 Å². The molecular weight excluding hydrogens is 432 g/mol. The van der Waals surface area contributed by atoms with Crippen molar-refractivity contribution in [1.29, 1.82) is 0 Å². The van der Waals surface area contributed by atoms with Gasteiger partial charge in [-0.3, -0.25) is 9.59 Å². The van der Waals surface area contributed by atoms with Gasteiger partial charge in [-0.1, -0.05) is 64.2 Å². The van der Waals surface area contributed by atoms with Crippen LogP contribution >= 0.6 is 0 Å². The maximum atomic E-state index is 12.4. The molecule has 3 aliphatic rings. The topological polar surface area (TPSA) is 71.1 Å². The second-order valence-electron chi connectivity index (χ2n) is 10.6. The Balaban J connectivity index is 1.23. The molecule has 0 aliphatic heterocycles. The van der Waals surface area contributed by atoms with Gasteiger partial charge in [-0.05, 0) is 51.4 Å². The van der Waals surface area contributed by atoms with Crippen LogP contribution in [0.2, 0.25) is 0 Å². The van der Waals surface area contributed by atoms with Gasteiger partial charge in [0.15, 0.2) is 0 Å². The van der Waals surface area contributed by atoms with Crippen molar-refractivity contribution in [1.82, 2.24) is 0 Å². The highest BCUT2D eigenvalue weighted by atomic mass is 16.6. The molecular formula is C28H48O6. The maximum Gasteiger partial charge on any atom is 0.309 e. The van der Waals surface area contributed by atoms with Crippen molar-refractivity contribution in [3.8, 4) is 0 Å². The van der Waals surface area contributed by atoms with Gasteiger partial charge in [-0.25, -0.2) is 0 Å². The molecule has 2 atom stereocenters. The van der Waals surface area contributed by atoms with Crippen molar-refractivity contribution in [3.05, 3.63) is 0 Å². The molecule has 3 saturated carbocycles. The van der Waals surface area contributed by atoms with Gasteiger partial charge in [0.2, 0.25) is 0 Å². The number of ether oxygens (including phenoxy) is 4. The molecule has 0 bridgehead atoms. The standard InChI is InChI=1S/C28H48O6/c29-27(23-12-7-3-1-4-8-13-23)33-20-18-31-25-16-11-17-26(22-25)32-19-21-34-28(30)24-14-9-5-2-6-10-15-24/h23-26H,1-22H2. The summed E-state index contributed by atoms with van der Waals surface area (Å²) in [5.41, 5.74) is 0. The highest BCUT2D eigenvalue weighted by molar-refractivity contribution is 5.72. The normalized spacial score (nSPS) is 26.0. The fraction of sp³-hybridized carbons (Fsp3) is 0.929. The molecule has 0 N–H and O–H groups in total. The van der Waals surface area contributed by atoms with E-state index in [9.17, 15) is 9.59 Å². The second-order valence-corrected chi connectivity index (χ2v) is 10.6. The van der Waals surface area contributed by atoms with E-state index in [0.717, 1.165) is 77.0 Å². The van der Waals surface area contributed by atoms with E-state index in [1.54, 1.807) is 0 Å². The lowest BCUT2D eigenvalue weighted by molar-refractivity contribution is -0.152. The van der Waals surface area contributed by atoms with Crippen LogP contribution in [0.4, 0.5) is 0 Å². The summed E-state index contributed by atoms with van der Waals surface area (Å²) in [6.45, 7) is 1.59. The predicted octanol–water partition coefficient (Wildman–Crippen LogP) is 6.14. The molecule has 3 rings (SSSR count). The summed E-state index contributed by atoms with van der Waals surface area (Å²) in [5, 5.41) is 0. The van der Waals surface area contributed by atoms with E-state index >= 15 is 0 Å². The molecule has 6 nitrogen and oxygen atoms in total. The second kappa shape index (κ2) is 16.5. The summed E-state index contributed by atoms with van der Waals surface area (Å²) in [7, 11) is 0. The SMILES string of the molecule is O=C(OCCOC1CCCC(OCCOC(=O)C2CCCCCCC2)C1)C1CCCCCCC1. The van der Waals surface area contributed by atoms with Crippen LogP contribution in [-0.4, -0.2) is 50.6 Å². The van der Waals surface area contributed by atoms with Gasteiger partial charge < -0.3 is 18.9 Å². The summed E-state index contributed by atoms with van der Waals surface area (Å²) in [4.78, 5) is 24.7. The van der Waals surface area contributed by atoms with Crippen LogP contribution in [0.5, 0.6) is 0 Å². The third kappa shape index (κ3) is 10.6. The number of carbonyl (C=O) groups is 2. The van der Waals surface area contributed by atoms with Gasteiger partial charge in [0.1, 0.15) is 13.2 Å². The Bertz CT molecular complexity index is 515. The Morgan fingerprint density at radius 1 is 0.471 bits per heavy atom. The Labute approximate surface area is 206 Å². The van der Waals surface area contributed by atoms with E-state index in [4.69, 9.17) is 18.9 Å². The van der Waals surface area contributed by atoms with Crippen molar-refractivity contribution in [2.45, 2.75) is 128 Å². The van der Waals surface area contributed by atoms with Crippen LogP contribution in [0, 0.1) is 11.8 Å². The van der Waals surface area contributed by atoms with E-state index in [2.05, 4.69) is 0 Å². The van der Waals surface area contributed by atoms with Gasteiger partial charge in [0, 0.05) is 0 Å². The predicted molar refractivity (Wildman–Crippen MR) is 131 cm³/mol. The fourth-order valence-electron chi connectivity index (χ4n) is 5.74. The Morgan fingerprint density at radius 2 is 0.853 bits per heavy atom. The average Bonchev–Trinajstić information content (AvgIpc) is 2.79. The first-order chi connectivity index (χ1) is 16.7. The molecule has 0 saturated heterocycles. The fourth-order valence-corrected chi connectivity index (χ4v) is 5.74. The first kappa shape index (κ1) is 27.4. The number of esters is 2. The Kier molecular flexibility index (Phi) is 13.3. The van der Waals surface area contributed by atoms with Crippen LogP contribution < -0.4 is 0 Å². The summed E-state index contributed by atoms with van der Waals surface area (Å²) < 4.78 is 23.0. The maximum absolute atomic E-state index is 12.4. The van der Waals surface area contributed by atoms with E-state index in [-0.39, 0.29) is 36.0 Å². The molecule has 196 valence electrons. The van der Waals surface area contributed by atoms with Gasteiger partial charge in [0.25, 0.3) is 0 Å². The van der Waals surface area contributed by atoms with Crippen LogP contribution in [-0.2, 0) is 28.5 Å². The molecule has 0 aromatic heterocycles. The highest BCUT2D eigenvalue weighted by Gasteiger charge is 2.25. The van der Waals surface area contributed by atoms with Gasteiger partial charge in [0.05, 0.1) is 37.3 Å². The number of hydrogen-bond donors (Lipinski definition) is 0. The summed E-state index contributed by atoms with van der Waals surface area (Å²) in [6.07, 6.45) is 20.2. The zero-order chi connectivity index (χ0) is 23.8. The highest BCUT2D eigenvalue weighted by Crippen LogP contribution is 2.26. The van der Waals surface area contributed by atoms with Crippen LogP contribution in [0.15, 0.2) is 0 Å². The minimum Gasteiger partial charge on any atom is -0.463 e. The van der Waals surface area contributed by atoms with E-state index in [1.807, 2.05) is 0 Å². The summed E-state index contributed by atoms with van der Waals surface area (Å²) in [6, 6.07) is 0. The van der Waals surface area contributed by atoms with Crippen LogP contribution in [0.1, 0.15) is 116 Å². The molecule has 3 fully saturated rings. The van der Waals surface area contributed by atoms with E-state index in [1.165, 1.54) is 38.5 Å². The van der Waals surface area contributed by atoms with Gasteiger partial charge in [-0.15, -0.1) is 0 Å². The lowest BCUT2D eigenvalue weighted by Crippen LogP contribution is -2.30. The van der Waals surface area contributed by atoms with Crippen LogP contribution in [0.3, 0.4) is 0 Å². The Morgan fingerprint density at radius 3 is 1.26 bits per heavy atom.